The van der Waals surface area contributed by atoms with E-state index in [0.717, 1.165) is 22.9 Å². The highest BCUT2D eigenvalue weighted by molar-refractivity contribution is 9.10. The summed E-state index contributed by atoms with van der Waals surface area (Å²) in [4.78, 5) is 2.70. The van der Waals surface area contributed by atoms with Gasteiger partial charge in [-0.1, -0.05) is 18.6 Å². The summed E-state index contributed by atoms with van der Waals surface area (Å²) in [5.74, 6) is 1.69. The number of fused-ring (bicyclic) bond motifs is 1. The molecule has 2 atom stereocenters. The average Bonchev–Trinajstić information content (AvgIpc) is 2.46. The molecule has 2 aliphatic heterocycles. The molecule has 0 bridgehead atoms. The van der Waals surface area contributed by atoms with Crippen LogP contribution < -0.4 is 4.74 Å². The molecule has 2 nitrogen and oxygen atoms in total. The third kappa shape index (κ3) is 3.14. The lowest BCUT2D eigenvalue weighted by Crippen LogP contribution is -2.49. The molecule has 0 spiro atoms. The van der Waals surface area contributed by atoms with Crippen molar-refractivity contribution in [3.05, 3.63) is 28.7 Å². The molecular weight excluding hydrogens is 302 g/mol. The lowest BCUT2D eigenvalue weighted by molar-refractivity contribution is 0.0364. The second-order valence-corrected chi connectivity index (χ2v) is 6.60. The van der Waals surface area contributed by atoms with E-state index in [4.69, 9.17) is 4.74 Å². The summed E-state index contributed by atoms with van der Waals surface area (Å²) in [6.07, 6.45) is 6.80. The minimum absolute atomic E-state index is 0.709. The number of ether oxygens (including phenoxy) is 1. The van der Waals surface area contributed by atoms with Crippen LogP contribution in [0.4, 0.5) is 0 Å². The maximum atomic E-state index is 6.05. The predicted molar refractivity (Wildman–Crippen MR) is 81.6 cm³/mol. The Kier molecular flexibility index (Phi) is 4.44. The summed E-state index contributed by atoms with van der Waals surface area (Å²) in [7, 11) is 0. The first-order valence-corrected chi connectivity index (χ1v) is 8.25. The van der Waals surface area contributed by atoms with Crippen molar-refractivity contribution in [1.82, 2.24) is 4.90 Å². The van der Waals surface area contributed by atoms with E-state index < -0.39 is 0 Å². The van der Waals surface area contributed by atoms with Crippen LogP contribution in [0, 0.1) is 5.92 Å². The summed E-state index contributed by atoms with van der Waals surface area (Å²) >= 11 is 3.55. The van der Waals surface area contributed by atoms with Crippen molar-refractivity contribution in [3.63, 3.8) is 0 Å². The van der Waals surface area contributed by atoms with Crippen LogP contribution in [0.15, 0.2) is 28.7 Å². The van der Waals surface area contributed by atoms with Crippen LogP contribution in [0.2, 0.25) is 0 Å². The van der Waals surface area contributed by atoms with E-state index in [1.807, 2.05) is 24.3 Å². The SMILES string of the molecule is Brc1ccccc1OC[C@@H]1CCCN2CCCC[C@@H]12. The van der Waals surface area contributed by atoms with E-state index in [9.17, 15) is 0 Å². The molecule has 0 aliphatic carbocycles. The zero-order valence-corrected chi connectivity index (χ0v) is 12.9. The molecule has 2 aliphatic rings. The number of hydrogen-bond acceptors (Lipinski definition) is 2. The van der Waals surface area contributed by atoms with Gasteiger partial charge in [0.15, 0.2) is 0 Å². The highest BCUT2D eigenvalue weighted by Crippen LogP contribution is 2.32. The number of hydrogen-bond donors (Lipinski definition) is 0. The summed E-state index contributed by atoms with van der Waals surface area (Å²) in [5, 5.41) is 0. The van der Waals surface area contributed by atoms with Gasteiger partial charge in [-0.3, -0.25) is 4.90 Å². The van der Waals surface area contributed by atoms with Gasteiger partial charge in [0, 0.05) is 12.0 Å². The van der Waals surface area contributed by atoms with Gasteiger partial charge in [0.05, 0.1) is 11.1 Å². The van der Waals surface area contributed by atoms with Gasteiger partial charge in [-0.25, -0.2) is 0 Å². The number of nitrogens with zero attached hydrogens (tertiary/aromatic N) is 1. The van der Waals surface area contributed by atoms with Gasteiger partial charge >= 0.3 is 0 Å². The normalized spacial score (nSPS) is 27.8. The predicted octanol–water partition coefficient (Wildman–Crippen LogP) is 4.09. The Morgan fingerprint density at radius 1 is 1.11 bits per heavy atom. The van der Waals surface area contributed by atoms with Gasteiger partial charge in [0.25, 0.3) is 0 Å². The molecule has 3 heteroatoms. The Bertz CT molecular complexity index is 421. The Balaban J connectivity index is 1.61. The van der Waals surface area contributed by atoms with Crippen molar-refractivity contribution < 1.29 is 4.74 Å². The van der Waals surface area contributed by atoms with Crippen LogP contribution in [0.5, 0.6) is 5.75 Å². The Morgan fingerprint density at radius 2 is 1.95 bits per heavy atom. The van der Waals surface area contributed by atoms with Crippen molar-refractivity contribution in [2.24, 2.45) is 5.92 Å². The number of rotatable bonds is 3. The minimum atomic E-state index is 0.709. The van der Waals surface area contributed by atoms with Crippen molar-refractivity contribution >= 4 is 15.9 Å². The van der Waals surface area contributed by atoms with Gasteiger partial charge in [-0.15, -0.1) is 0 Å². The van der Waals surface area contributed by atoms with Crippen LogP contribution in [-0.4, -0.2) is 30.6 Å². The average molecular weight is 324 g/mol. The highest BCUT2D eigenvalue weighted by Gasteiger charge is 2.33. The molecule has 2 saturated heterocycles. The van der Waals surface area contributed by atoms with Crippen LogP contribution in [0.25, 0.3) is 0 Å². The fourth-order valence-corrected chi connectivity index (χ4v) is 3.93. The minimum Gasteiger partial charge on any atom is -0.492 e. The zero-order valence-electron chi connectivity index (χ0n) is 11.4. The van der Waals surface area contributed by atoms with Crippen LogP contribution in [0.3, 0.4) is 0 Å². The van der Waals surface area contributed by atoms with Crippen molar-refractivity contribution in [3.8, 4) is 5.75 Å². The lowest BCUT2D eigenvalue weighted by atomic mass is 9.84. The van der Waals surface area contributed by atoms with Crippen LogP contribution >= 0.6 is 15.9 Å². The molecule has 0 N–H and O–H groups in total. The molecule has 0 radical (unpaired) electrons. The monoisotopic (exact) mass is 323 g/mol. The number of para-hydroxylation sites is 1. The second-order valence-electron chi connectivity index (χ2n) is 5.74. The largest absolute Gasteiger partial charge is 0.492 e. The first-order valence-electron chi connectivity index (χ1n) is 7.46. The zero-order chi connectivity index (χ0) is 13.1. The summed E-state index contributed by atoms with van der Waals surface area (Å²) in [6, 6.07) is 8.92. The lowest BCUT2D eigenvalue weighted by Gasteiger charge is -2.44. The number of halogens is 1. The van der Waals surface area contributed by atoms with E-state index in [0.29, 0.717) is 5.92 Å². The summed E-state index contributed by atoms with van der Waals surface area (Å²) < 4.78 is 7.11. The third-order valence-electron chi connectivity index (χ3n) is 4.52. The fourth-order valence-electron chi connectivity index (χ4n) is 3.53. The van der Waals surface area contributed by atoms with Crippen molar-refractivity contribution in [1.29, 1.82) is 0 Å². The van der Waals surface area contributed by atoms with Crippen LogP contribution in [0.1, 0.15) is 32.1 Å². The number of piperidine rings is 2. The number of benzene rings is 1. The molecular formula is C16H22BrNO. The molecule has 2 heterocycles. The van der Waals surface area contributed by atoms with E-state index in [-0.39, 0.29) is 0 Å². The standard InChI is InChI=1S/C16H22BrNO/c17-14-7-1-2-9-16(14)19-12-13-6-5-11-18-10-4-3-8-15(13)18/h1-2,7,9,13,15H,3-6,8,10-12H2/t13-,15-/m0/s1. The topological polar surface area (TPSA) is 12.5 Å². The highest BCUT2D eigenvalue weighted by atomic mass is 79.9. The van der Waals surface area contributed by atoms with E-state index in [2.05, 4.69) is 20.8 Å². The summed E-state index contributed by atoms with van der Waals surface area (Å²) in [6.45, 7) is 3.47. The first kappa shape index (κ1) is 13.4. The smallest absolute Gasteiger partial charge is 0.133 e. The second kappa shape index (κ2) is 6.27. The Labute approximate surface area is 124 Å². The van der Waals surface area contributed by atoms with Gasteiger partial charge in [-0.2, -0.15) is 0 Å². The quantitative estimate of drug-likeness (QED) is 0.830. The van der Waals surface area contributed by atoms with Crippen molar-refractivity contribution in [2.45, 2.75) is 38.1 Å². The van der Waals surface area contributed by atoms with Crippen molar-refractivity contribution in [2.75, 3.05) is 19.7 Å². The van der Waals surface area contributed by atoms with Gasteiger partial charge < -0.3 is 4.74 Å². The Hall–Kier alpha value is -0.540. The maximum absolute atomic E-state index is 6.05. The van der Waals surface area contributed by atoms with Gasteiger partial charge in [0.1, 0.15) is 5.75 Å². The molecule has 2 fully saturated rings. The molecule has 0 aromatic heterocycles. The molecule has 0 amide bonds. The molecule has 1 aromatic carbocycles. The van der Waals surface area contributed by atoms with Gasteiger partial charge in [-0.05, 0) is 66.8 Å². The van der Waals surface area contributed by atoms with E-state index in [1.54, 1.807) is 0 Å². The molecule has 19 heavy (non-hydrogen) atoms. The van der Waals surface area contributed by atoms with E-state index >= 15 is 0 Å². The molecule has 1 aromatic rings. The van der Waals surface area contributed by atoms with Crippen LogP contribution in [-0.2, 0) is 0 Å². The third-order valence-corrected chi connectivity index (χ3v) is 5.17. The molecule has 3 rings (SSSR count). The summed E-state index contributed by atoms with van der Waals surface area (Å²) in [5.41, 5.74) is 0. The molecule has 104 valence electrons. The Morgan fingerprint density at radius 3 is 2.84 bits per heavy atom. The fraction of sp³-hybridized carbons (Fsp3) is 0.625. The van der Waals surface area contributed by atoms with Gasteiger partial charge in [0.2, 0.25) is 0 Å². The molecule has 0 unspecified atom stereocenters. The maximum Gasteiger partial charge on any atom is 0.133 e. The van der Waals surface area contributed by atoms with E-state index in [1.165, 1.54) is 45.2 Å². The first-order chi connectivity index (χ1) is 9.34. The molecule has 0 saturated carbocycles.